The lowest BCUT2D eigenvalue weighted by molar-refractivity contribution is 0.0372. The number of halogens is 1. The monoisotopic (exact) mass is 338 g/mol. The van der Waals surface area contributed by atoms with Crippen molar-refractivity contribution < 1.29 is 9.90 Å². The van der Waals surface area contributed by atoms with E-state index in [0.717, 1.165) is 19.6 Å². The lowest BCUT2D eigenvalue weighted by atomic mass is 9.99. The number of phenolic OH excluding ortho intramolecular Hbond substituents is 1. The van der Waals surface area contributed by atoms with Gasteiger partial charge in [0.25, 0.3) is 5.91 Å². The Hall–Kier alpha value is -1.07. The Morgan fingerprint density at radius 2 is 2.10 bits per heavy atom. The Kier molecular flexibility index (Phi) is 3.98. The summed E-state index contributed by atoms with van der Waals surface area (Å²) >= 11 is 3.24. The number of carbonyl (C=O) groups excluding carboxylic acids is 1. The molecule has 4 nitrogen and oxygen atoms in total. The molecule has 2 saturated heterocycles. The van der Waals surface area contributed by atoms with Crippen LogP contribution in [0.15, 0.2) is 22.7 Å². The van der Waals surface area contributed by atoms with Gasteiger partial charge in [-0.1, -0.05) is 6.42 Å². The van der Waals surface area contributed by atoms with Crippen molar-refractivity contribution in [3.8, 4) is 5.75 Å². The van der Waals surface area contributed by atoms with Crippen LogP contribution in [0.4, 0.5) is 0 Å². The third-order valence-corrected chi connectivity index (χ3v) is 4.99. The molecule has 2 heterocycles. The molecule has 20 heavy (non-hydrogen) atoms. The standard InChI is InChI=1S/C15H19BrN2O2/c16-13-5-4-11(9-14(13)19)15(20)18-8-7-17-6-2-1-3-12(17)10-18/h4-5,9,12,19H,1-3,6-8,10H2. The number of piperazine rings is 1. The number of benzene rings is 1. The maximum atomic E-state index is 12.5. The lowest BCUT2D eigenvalue weighted by Gasteiger charge is -2.44. The molecule has 108 valence electrons. The van der Waals surface area contributed by atoms with Crippen LogP contribution >= 0.6 is 15.9 Å². The number of nitrogens with zero attached hydrogens (tertiary/aromatic N) is 2. The van der Waals surface area contributed by atoms with Crippen molar-refractivity contribution in [2.75, 3.05) is 26.2 Å². The van der Waals surface area contributed by atoms with Crippen LogP contribution in [0, 0.1) is 0 Å². The highest BCUT2D eigenvalue weighted by molar-refractivity contribution is 9.10. The molecule has 3 rings (SSSR count). The molecule has 1 aromatic rings. The summed E-state index contributed by atoms with van der Waals surface area (Å²) < 4.78 is 0.617. The van der Waals surface area contributed by atoms with Crippen LogP contribution < -0.4 is 0 Å². The molecule has 2 aliphatic heterocycles. The van der Waals surface area contributed by atoms with Gasteiger partial charge in [-0.2, -0.15) is 0 Å². The van der Waals surface area contributed by atoms with Gasteiger partial charge >= 0.3 is 0 Å². The van der Waals surface area contributed by atoms with Crippen LogP contribution in [-0.2, 0) is 0 Å². The molecule has 1 atom stereocenters. The second-order valence-corrected chi connectivity index (χ2v) is 6.46. The van der Waals surface area contributed by atoms with Crippen LogP contribution in [0.25, 0.3) is 0 Å². The zero-order valence-corrected chi connectivity index (χ0v) is 13.0. The predicted octanol–water partition coefficient (Wildman–Crippen LogP) is 2.47. The molecule has 0 saturated carbocycles. The average molecular weight is 339 g/mol. The van der Waals surface area contributed by atoms with E-state index in [0.29, 0.717) is 16.1 Å². The van der Waals surface area contributed by atoms with Crippen molar-refractivity contribution in [2.45, 2.75) is 25.3 Å². The summed E-state index contributed by atoms with van der Waals surface area (Å²) in [5, 5.41) is 9.71. The number of piperidine rings is 1. The van der Waals surface area contributed by atoms with Crippen LogP contribution in [0.3, 0.4) is 0 Å². The maximum Gasteiger partial charge on any atom is 0.254 e. The molecular formula is C15H19BrN2O2. The molecule has 1 N–H and O–H groups in total. The first-order valence-corrected chi connectivity index (χ1v) is 7.96. The van der Waals surface area contributed by atoms with Crippen LogP contribution in [0.1, 0.15) is 29.6 Å². The number of amides is 1. The molecule has 0 spiro atoms. The predicted molar refractivity (Wildman–Crippen MR) is 80.9 cm³/mol. The second kappa shape index (κ2) is 5.74. The highest BCUT2D eigenvalue weighted by atomic mass is 79.9. The largest absolute Gasteiger partial charge is 0.507 e. The van der Waals surface area contributed by atoms with Crippen molar-refractivity contribution in [1.82, 2.24) is 9.80 Å². The fraction of sp³-hybridized carbons (Fsp3) is 0.533. The van der Waals surface area contributed by atoms with Gasteiger partial charge in [-0.05, 0) is 53.5 Å². The van der Waals surface area contributed by atoms with E-state index in [2.05, 4.69) is 20.8 Å². The molecule has 5 heteroatoms. The van der Waals surface area contributed by atoms with E-state index < -0.39 is 0 Å². The first kappa shape index (κ1) is 13.9. The van der Waals surface area contributed by atoms with Gasteiger partial charge in [0.05, 0.1) is 4.47 Å². The summed E-state index contributed by atoms with van der Waals surface area (Å²) in [6.45, 7) is 3.74. The SMILES string of the molecule is O=C(c1ccc(Br)c(O)c1)N1CCN2CCCCC2C1. The van der Waals surface area contributed by atoms with Gasteiger partial charge < -0.3 is 10.0 Å². The van der Waals surface area contributed by atoms with E-state index in [1.807, 2.05) is 4.90 Å². The van der Waals surface area contributed by atoms with Crippen LogP contribution in [0.2, 0.25) is 0 Å². The van der Waals surface area contributed by atoms with E-state index in [-0.39, 0.29) is 11.7 Å². The van der Waals surface area contributed by atoms with Crippen LogP contribution in [-0.4, -0.2) is 53.0 Å². The number of phenols is 1. The number of hydrogen-bond donors (Lipinski definition) is 1. The molecule has 0 radical (unpaired) electrons. The minimum absolute atomic E-state index is 0.0259. The Balaban J connectivity index is 1.72. The third kappa shape index (κ3) is 2.69. The van der Waals surface area contributed by atoms with E-state index in [1.165, 1.54) is 25.8 Å². The summed E-state index contributed by atoms with van der Waals surface area (Å²) in [4.78, 5) is 17.0. The van der Waals surface area contributed by atoms with Crippen molar-refractivity contribution in [3.05, 3.63) is 28.2 Å². The quantitative estimate of drug-likeness (QED) is 0.855. The molecule has 1 unspecified atom stereocenters. The van der Waals surface area contributed by atoms with Gasteiger partial charge in [0.1, 0.15) is 5.75 Å². The van der Waals surface area contributed by atoms with E-state index in [9.17, 15) is 9.90 Å². The lowest BCUT2D eigenvalue weighted by Crippen LogP contribution is -2.56. The summed E-state index contributed by atoms with van der Waals surface area (Å²) in [6, 6.07) is 5.55. The zero-order valence-electron chi connectivity index (χ0n) is 11.4. The fourth-order valence-electron chi connectivity index (χ4n) is 3.17. The minimum atomic E-state index is 0.0259. The number of carbonyl (C=O) groups is 1. The van der Waals surface area contributed by atoms with Gasteiger partial charge in [-0.25, -0.2) is 0 Å². The summed E-state index contributed by atoms with van der Waals surface area (Å²) in [7, 11) is 0. The fourth-order valence-corrected chi connectivity index (χ4v) is 3.42. The summed E-state index contributed by atoms with van der Waals surface area (Å²) in [5.41, 5.74) is 0.565. The third-order valence-electron chi connectivity index (χ3n) is 4.32. The number of rotatable bonds is 1. The topological polar surface area (TPSA) is 43.8 Å². The number of hydrogen-bond acceptors (Lipinski definition) is 3. The Labute approximate surface area is 127 Å². The molecule has 2 aliphatic rings. The van der Waals surface area contributed by atoms with Gasteiger partial charge in [-0.3, -0.25) is 9.69 Å². The Morgan fingerprint density at radius 1 is 1.25 bits per heavy atom. The van der Waals surface area contributed by atoms with Crippen molar-refractivity contribution in [2.24, 2.45) is 0 Å². The smallest absolute Gasteiger partial charge is 0.254 e. The maximum absolute atomic E-state index is 12.5. The van der Waals surface area contributed by atoms with E-state index >= 15 is 0 Å². The molecule has 2 fully saturated rings. The number of fused-ring (bicyclic) bond motifs is 1. The second-order valence-electron chi connectivity index (χ2n) is 5.60. The first-order valence-electron chi connectivity index (χ1n) is 7.17. The molecule has 0 bridgehead atoms. The van der Waals surface area contributed by atoms with Crippen molar-refractivity contribution in [1.29, 1.82) is 0 Å². The average Bonchev–Trinajstić information content (AvgIpc) is 2.49. The van der Waals surface area contributed by atoms with Crippen LogP contribution in [0.5, 0.6) is 5.75 Å². The van der Waals surface area contributed by atoms with Gasteiger partial charge in [0.2, 0.25) is 0 Å². The molecule has 0 aliphatic carbocycles. The highest BCUT2D eigenvalue weighted by Crippen LogP contribution is 2.26. The zero-order chi connectivity index (χ0) is 14.1. The van der Waals surface area contributed by atoms with E-state index in [4.69, 9.17) is 0 Å². The molecular weight excluding hydrogens is 320 g/mol. The van der Waals surface area contributed by atoms with Gasteiger partial charge in [-0.15, -0.1) is 0 Å². The summed E-state index contributed by atoms with van der Waals surface area (Å²) in [6.07, 6.45) is 3.74. The van der Waals surface area contributed by atoms with Crippen molar-refractivity contribution >= 4 is 21.8 Å². The van der Waals surface area contributed by atoms with Crippen molar-refractivity contribution in [3.63, 3.8) is 0 Å². The minimum Gasteiger partial charge on any atom is -0.507 e. The summed E-state index contributed by atoms with van der Waals surface area (Å²) in [5.74, 6) is 0.144. The number of aromatic hydroxyl groups is 1. The Bertz CT molecular complexity index is 521. The molecule has 1 amide bonds. The highest BCUT2D eigenvalue weighted by Gasteiger charge is 2.31. The molecule has 0 aromatic heterocycles. The normalized spacial score (nSPS) is 23.4. The molecule has 1 aromatic carbocycles. The Morgan fingerprint density at radius 3 is 2.90 bits per heavy atom. The first-order chi connectivity index (χ1) is 9.65. The van der Waals surface area contributed by atoms with Gasteiger partial charge in [0.15, 0.2) is 0 Å². The van der Waals surface area contributed by atoms with Gasteiger partial charge in [0, 0.05) is 31.2 Å². The van der Waals surface area contributed by atoms with E-state index in [1.54, 1.807) is 18.2 Å².